The predicted octanol–water partition coefficient (Wildman–Crippen LogP) is 3.07. The molecule has 7 heteroatoms. The van der Waals surface area contributed by atoms with Crippen LogP contribution in [0.5, 0.6) is 0 Å². The Labute approximate surface area is 145 Å². The number of rotatable bonds is 6. The van der Waals surface area contributed by atoms with E-state index >= 15 is 0 Å². The smallest absolute Gasteiger partial charge is 0.303 e. The summed E-state index contributed by atoms with van der Waals surface area (Å²) in [5.74, 6) is -1.51. The van der Waals surface area contributed by atoms with Crippen molar-refractivity contribution in [3.05, 3.63) is 29.0 Å². The van der Waals surface area contributed by atoms with Gasteiger partial charge in [0.25, 0.3) is 0 Å². The first-order chi connectivity index (χ1) is 11.2. The van der Waals surface area contributed by atoms with E-state index in [0.29, 0.717) is 6.54 Å². The second-order valence-electron chi connectivity index (χ2n) is 7.01. The molecule has 1 aliphatic heterocycles. The lowest BCUT2D eigenvalue weighted by Gasteiger charge is -2.23. The quantitative estimate of drug-likeness (QED) is 0.821. The lowest BCUT2D eigenvalue weighted by molar-refractivity contribution is -0.139. The lowest BCUT2D eigenvalue weighted by atomic mass is 9.85. The van der Waals surface area contributed by atoms with E-state index in [-0.39, 0.29) is 29.8 Å². The molecule has 1 amide bonds. The van der Waals surface area contributed by atoms with Crippen LogP contribution < -0.4 is 10.2 Å². The van der Waals surface area contributed by atoms with Crippen LogP contribution in [-0.2, 0) is 9.59 Å². The maximum absolute atomic E-state index is 13.2. The molecule has 1 saturated heterocycles. The van der Waals surface area contributed by atoms with Crippen molar-refractivity contribution in [3.8, 4) is 0 Å². The van der Waals surface area contributed by atoms with Crippen molar-refractivity contribution in [2.75, 3.05) is 18.0 Å². The fourth-order valence-electron chi connectivity index (χ4n) is 2.98. The molecule has 0 saturated carbocycles. The number of halogens is 2. The Balaban J connectivity index is 1.88. The number of nitrogens with one attached hydrogen (secondary N) is 1. The summed E-state index contributed by atoms with van der Waals surface area (Å²) >= 11 is 5.81. The Kier molecular flexibility index (Phi) is 5.70. The molecule has 24 heavy (non-hydrogen) atoms. The van der Waals surface area contributed by atoms with E-state index in [1.165, 1.54) is 6.07 Å². The third-order valence-corrected chi connectivity index (χ3v) is 4.38. The van der Waals surface area contributed by atoms with Gasteiger partial charge in [-0.1, -0.05) is 25.4 Å². The van der Waals surface area contributed by atoms with Crippen LogP contribution in [0, 0.1) is 11.2 Å². The molecular weight excluding hydrogens is 335 g/mol. The molecule has 2 N–H and O–H groups in total. The summed E-state index contributed by atoms with van der Waals surface area (Å²) < 4.78 is 13.2. The number of nitrogens with zero attached hydrogens (tertiary/aromatic N) is 1. The Morgan fingerprint density at radius 2 is 2.12 bits per heavy atom. The fraction of sp³-hybridized carbons (Fsp3) is 0.529. The topological polar surface area (TPSA) is 69.6 Å². The summed E-state index contributed by atoms with van der Waals surface area (Å²) in [7, 11) is 0. The van der Waals surface area contributed by atoms with E-state index in [2.05, 4.69) is 5.32 Å². The van der Waals surface area contributed by atoms with Crippen molar-refractivity contribution in [1.29, 1.82) is 0 Å². The summed E-state index contributed by atoms with van der Waals surface area (Å²) in [5, 5.41) is 11.9. The van der Waals surface area contributed by atoms with Gasteiger partial charge in [-0.2, -0.15) is 0 Å². The number of carboxylic acid groups (broad SMARTS) is 1. The zero-order valence-corrected chi connectivity index (χ0v) is 14.6. The van der Waals surface area contributed by atoms with Gasteiger partial charge in [0.15, 0.2) is 0 Å². The second kappa shape index (κ2) is 7.38. The maximum atomic E-state index is 13.2. The van der Waals surface area contributed by atoms with E-state index in [0.717, 1.165) is 18.7 Å². The van der Waals surface area contributed by atoms with Crippen LogP contribution >= 0.6 is 11.6 Å². The lowest BCUT2D eigenvalue weighted by Crippen LogP contribution is -2.39. The van der Waals surface area contributed by atoms with E-state index in [1.54, 1.807) is 26.0 Å². The zero-order chi connectivity index (χ0) is 17.9. The Morgan fingerprint density at radius 3 is 2.75 bits per heavy atom. The summed E-state index contributed by atoms with van der Waals surface area (Å²) in [6, 6.07) is 4.57. The first-order valence-corrected chi connectivity index (χ1v) is 8.25. The van der Waals surface area contributed by atoms with Crippen LogP contribution in [0.15, 0.2) is 18.2 Å². The molecule has 0 bridgehead atoms. The first-order valence-electron chi connectivity index (χ1n) is 7.87. The monoisotopic (exact) mass is 356 g/mol. The number of carbonyl (C=O) groups is 2. The first kappa shape index (κ1) is 18.5. The van der Waals surface area contributed by atoms with E-state index in [9.17, 15) is 14.0 Å². The molecule has 1 fully saturated rings. The van der Waals surface area contributed by atoms with Gasteiger partial charge < -0.3 is 15.3 Å². The van der Waals surface area contributed by atoms with Gasteiger partial charge in [-0.05, 0) is 30.0 Å². The minimum atomic E-state index is -0.909. The molecule has 132 valence electrons. The van der Waals surface area contributed by atoms with E-state index in [4.69, 9.17) is 16.7 Å². The highest BCUT2D eigenvalue weighted by atomic mass is 35.5. The van der Waals surface area contributed by atoms with Gasteiger partial charge in [0.1, 0.15) is 5.82 Å². The SMILES string of the molecule is CC(C)(CC(=O)O)CC(=O)NC1CCN(c2ccc(F)c(Cl)c2)C1. The van der Waals surface area contributed by atoms with Gasteiger partial charge in [-0.15, -0.1) is 0 Å². The highest BCUT2D eigenvalue weighted by Gasteiger charge is 2.29. The summed E-state index contributed by atoms with van der Waals surface area (Å²) in [6.45, 7) is 4.89. The van der Waals surface area contributed by atoms with Gasteiger partial charge >= 0.3 is 5.97 Å². The zero-order valence-electron chi connectivity index (χ0n) is 13.8. The highest BCUT2D eigenvalue weighted by molar-refractivity contribution is 6.31. The largest absolute Gasteiger partial charge is 0.481 e. The van der Waals surface area contributed by atoms with Gasteiger partial charge in [0, 0.05) is 31.2 Å². The normalized spacial score (nSPS) is 17.8. The van der Waals surface area contributed by atoms with Crippen LogP contribution in [-0.4, -0.2) is 36.1 Å². The molecule has 1 unspecified atom stereocenters. The number of carbonyl (C=O) groups excluding carboxylic acids is 1. The number of benzene rings is 1. The van der Waals surface area contributed by atoms with Gasteiger partial charge in [0.2, 0.25) is 5.91 Å². The summed E-state index contributed by atoms with van der Waals surface area (Å²) in [4.78, 5) is 25.0. The third-order valence-electron chi connectivity index (χ3n) is 4.09. The number of hydrogen-bond acceptors (Lipinski definition) is 3. The van der Waals surface area contributed by atoms with Crippen LogP contribution in [0.25, 0.3) is 0 Å². The fourth-order valence-corrected chi connectivity index (χ4v) is 3.15. The molecule has 1 aliphatic rings. The Morgan fingerprint density at radius 1 is 1.42 bits per heavy atom. The number of amides is 1. The maximum Gasteiger partial charge on any atom is 0.303 e. The van der Waals surface area contributed by atoms with Crippen LogP contribution in [0.1, 0.15) is 33.1 Å². The summed E-state index contributed by atoms with van der Waals surface area (Å²) in [6.07, 6.45) is 0.892. The van der Waals surface area contributed by atoms with Crippen molar-refractivity contribution in [2.24, 2.45) is 5.41 Å². The minimum Gasteiger partial charge on any atom is -0.481 e. The molecule has 0 aromatic heterocycles. The minimum absolute atomic E-state index is 0.0121. The number of aliphatic carboxylic acids is 1. The molecule has 0 spiro atoms. The van der Waals surface area contributed by atoms with Gasteiger partial charge in [0.05, 0.1) is 11.4 Å². The van der Waals surface area contributed by atoms with Crippen LogP contribution in [0.2, 0.25) is 5.02 Å². The highest BCUT2D eigenvalue weighted by Crippen LogP contribution is 2.27. The number of anilines is 1. The van der Waals surface area contributed by atoms with E-state index in [1.807, 2.05) is 4.90 Å². The predicted molar refractivity (Wildman–Crippen MR) is 90.8 cm³/mol. The number of hydrogen-bond donors (Lipinski definition) is 2. The van der Waals surface area contributed by atoms with Crippen LogP contribution in [0.3, 0.4) is 0 Å². The van der Waals surface area contributed by atoms with Gasteiger partial charge in [-0.25, -0.2) is 4.39 Å². The van der Waals surface area contributed by atoms with Crippen LogP contribution in [0.4, 0.5) is 10.1 Å². The van der Waals surface area contributed by atoms with Gasteiger partial charge in [-0.3, -0.25) is 9.59 Å². The van der Waals surface area contributed by atoms with Crippen molar-refractivity contribution in [2.45, 2.75) is 39.2 Å². The summed E-state index contributed by atoms with van der Waals surface area (Å²) in [5.41, 5.74) is 0.239. The Hall–Kier alpha value is -1.82. The standard InChI is InChI=1S/C17H22ClFN2O3/c1-17(2,9-16(23)24)8-15(22)20-11-5-6-21(10-11)12-3-4-14(19)13(18)7-12/h3-4,7,11H,5-6,8-10H2,1-2H3,(H,20,22)(H,23,24). The third kappa shape index (κ3) is 5.09. The van der Waals surface area contributed by atoms with Crippen molar-refractivity contribution in [3.63, 3.8) is 0 Å². The molecule has 1 atom stereocenters. The molecule has 1 aromatic carbocycles. The van der Waals surface area contributed by atoms with Crippen molar-refractivity contribution < 1.29 is 19.1 Å². The molecule has 2 rings (SSSR count). The number of carboxylic acids is 1. The van der Waals surface area contributed by atoms with Crippen molar-refractivity contribution >= 4 is 29.2 Å². The molecular formula is C17H22ClFN2O3. The molecule has 1 heterocycles. The second-order valence-corrected chi connectivity index (χ2v) is 7.42. The average molecular weight is 357 g/mol. The molecule has 1 aromatic rings. The van der Waals surface area contributed by atoms with E-state index < -0.39 is 17.2 Å². The molecule has 5 nitrogen and oxygen atoms in total. The molecule has 0 radical (unpaired) electrons. The average Bonchev–Trinajstić information content (AvgIpc) is 2.87. The Bertz CT molecular complexity index is 636. The molecule has 0 aliphatic carbocycles. The van der Waals surface area contributed by atoms with Crippen molar-refractivity contribution in [1.82, 2.24) is 5.32 Å².